The van der Waals surface area contributed by atoms with Crippen LogP contribution in [0.2, 0.25) is 0 Å². The summed E-state index contributed by atoms with van der Waals surface area (Å²) in [6.45, 7) is 3.16. The highest BCUT2D eigenvalue weighted by atomic mass is 16.2. The maximum absolute atomic E-state index is 12.4. The molecule has 7 heteroatoms. The second kappa shape index (κ2) is 7.55. The number of hydrogen-bond donors (Lipinski definition) is 2. The second-order valence-corrected chi connectivity index (χ2v) is 6.68. The van der Waals surface area contributed by atoms with E-state index in [1.165, 1.54) is 6.92 Å². The van der Waals surface area contributed by atoms with Crippen LogP contribution in [0.1, 0.15) is 18.9 Å². The normalized spacial score (nSPS) is 22.5. The van der Waals surface area contributed by atoms with Gasteiger partial charge < -0.3 is 20.4 Å². The summed E-state index contributed by atoms with van der Waals surface area (Å²) in [5.41, 5.74) is 1.16. The Kier molecular flexibility index (Phi) is 5.21. The van der Waals surface area contributed by atoms with Crippen LogP contribution in [0.25, 0.3) is 0 Å². The van der Waals surface area contributed by atoms with Crippen LogP contribution in [0.3, 0.4) is 0 Å². The molecule has 0 radical (unpaired) electrons. The molecule has 25 heavy (non-hydrogen) atoms. The molecule has 7 nitrogen and oxygen atoms in total. The van der Waals surface area contributed by atoms with Gasteiger partial charge in [0.2, 0.25) is 11.8 Å². The maximum atomic E-state index is 12.4. The van der Waals surface area contributed by atoms with Gasteiger partial charge >= 0.3 is 6.03 Å². The first-order valence-electron chi connectivity index (χ1n) is 8.66. The average molecular weight is 344 g/mol. The monoisotopic (exact) mass is 344 g/mol. The molecule has 2 fully saturated rings. The molecule has 0 aliphatic carbocycles. The molecule has 2 heterocycles. The number of nitrogens with zero attached hydrogens (tertiary/aromatic N) is 2. The summed E-state index contributed by atoms with van der Waals surface area (Å²) >= 11 is 0. The number of benzene rings is 1. The van der Waals surface area contributed by atoms with Gasteiger partial charge in [-0.25, -0.2) is 4.79 Å². The van der Waals surface area contributed by atoms with Gasteiger partial charge in [0.1, 0.15) is 6.54 Å². The third-order valence-corrected chi connectivity index (χ3v) is 4.72. The summed E-state index contributed by atoms with van der Waals surface area (Å²) in [4.78, 5) is 39.2. The molecule has 0 unspecified atom stereocenters. The smallest absolute Gasteiger partial charge is 0.317 e. The Morgan fingerprint density at radius 2 is 1.96 bits per heavy atom. The first-order valence-corrected chi connectivity index (χ1v) is 8.66. The predicted molar refractivity (Wildman–Crippen MR) is 92.8 cm³/mol. The molecule has 134 valence electrons. The largest absolute Gasteiger partial charge is 0.352 e. The fourth-order valence-electron chi connectivity index (χ4n) is 3.59. The van der Waals surface area contributed by atoms with E-state index in [2.05, 4.69) is 10.6 Å². The SMILES string of the molecule is CC(=O)N[C@H]1C[C@H]2CN(C(=O)NCCc3ccccc3)CC(=O)N2C1. The van der Waals surface area contributed by atoms with E-state index in [0.29, 0.717) is 26.1 Å². The van der Waals surface area contributed by atoms with Crippen molar-refractivity contribution in [3.05, 3.63) is 35.9 Å². The third kappa shape index (κ3) is 4.29. The van der Waals surface area contributed by atoms with Crippen LogP contribution in [0, 0.1) is 0 Å². The molecule has 2 aliphatic rings. The quantitative estimate of drug-likeness (QED) is 0.827. The Balaban J connectivity index is 1.49. The summed E-state index contributed by atoms with van der Waals surface area (Å²) < 4.78 is 0. The van der Waals surface area contributed by atoms with Gasteiger partial charge in [-0.05, 0) is 18.4 Å². The number of urea groups is 1. The molecule has 2 N–H and O–H groups in total. The summed E-state index contributed by atoms with van der Waals surface area (Å²) in [5, 5.41) is 5.75. The molecule has 2 atom stereocenters. The molecule has 1 aromatic rings. The maximum Gasteiger partial charge on any atom is 0.317 e. The molecule has 0 spiro atoms. The molecular weight excluding hydrogens is 320 g/mol. The minimum Gasteiger partial charge on any atom is -0.352 e. The minimum absolute atomic E-state index is 0.0158. The lowest BCUT2D eigenvalue weighted by Crippen LogP contribution is -2.57. The van der Waals surface area contributed by atoms with Crippen molar-refractivity contribution in [1.82, 2.24) is 20.4 Å². The van der Waals surface area contributed by atoms with E-state index >= 15 is 0 Å². The summed E-state index contributed by atoms with van der Waals surface area (Å²) in [7, 11) is 0. The van der Waals surface area contributed by atoms with Crippen molar-refractivity contribution in [1.29, 1.82) is 0 Å². The van der Waals surface area contributed by atoms with Gasteiger partial charge in [-0.3, -0.25) is 9.59 Å². The van der Waals surface area contributed by atoms with E-state index in [1.807, 2.05) is 30.3 Å². The molecule has 0 bridgehead atoms. The average Bonchev–Trinajstić information content (AvgIpc) is 2.98. The van der Waals surface area contributed by atoms with Crippen molar-refractivity contribution >= 4 is 17.8 Å². The number of amides is 4. The number of fused-ring (bicyclic) bond motifs is 1. The Bertz CT molecular complexity index is 649. The molecule has 4 amide bonds. The van der Waals surface area contributed by atoms with Gasteiger partial charge in [-0.15, -0.1) is 0 Å². The van der Waals surface area contributed by atoms with Gasteiger partial charge in [0.25, 0.3) is 0 Å². The highest BCUT2D eigenvalue weighted by molar-refractivity contribution is 5.86. The van der Waals surface area contributed by atoms with Crippen LogP contribution in [0.5, 0.6) is 0 Å². The van der Waals surface area contributed by atoms with Gasteiger partial charge in [-0.2, -0.15) is 0 Å². The number of carbonyl (C=O) groups is 3. The zero-order valence-electron chi connectivity index (χ0n) is 14.4. The van der Waals surface area contributed by atoms with Crippen LogP contribution in [0.4, 0.5) is 4.79 Å². The summed E-state index contributed by atoms with van der Waals surface area (Å²) in [6, 6.07) is 9.71. The lowest BCUT2D eigenvalue weighted by molar-refractivity contribution is -0.136. The van der Waals surface area contributed by atoms with Gasteiger partial charge in [0.15, 0.2) is 0 Å². The second-order valence-electron chi connectivity index (χ2n) is 6.68. The zero-order chi connectivity index (χ0) is 17.8. The predicted octanol–water partition coefficient (Wildman–Crippen LogP) is 0.360. The van der Waals surface area contributed by atoms with E-state index in [1.54, 1.807) is 9.80 Å². The van der Waals surface area contributed by atoms with Gasteiger partial charge in [-0.1, -0.05) is 30.3 Å². The standard InChI is InChI=1S/C18H24N4O3/c1-13(23)20-15-9-16-11-21(12-17(24)22(16)10-15)18(25)19-8-7-14-5-3-2-4-6-14/h2-6,15-16H,7-12H2,1H3,(H,19,25)(H,20,23)/t15-,16-/m0/s1. The number of piperazine rings is 1. The Morgan fingerprint density at radius 3 is 2.68 bits per heavy atom. The van der Waals surface area contributed by atoms with Crippen LogP contribution < -0.4 is 10.6 Å². The lowest BCUT2D eigenvalue weighted by Gasteiger charge is -2.36. The number of carbonyl (C=O) groups excluding carboxylic acids is 3. The molecule has 2 saturated heterocycles. The van der Waals surface area contributed by atoms with Crippen LogP contribution >= 0.6 is 0 Å². The molecular formula is C18H24N4O3. The van der Waals surface area contributed by atoms with E-state index in [4.69, 9.17) is 0 Å². The summed E-state index contributed by atoms with van der Waals surface area (Å²) in [6.07, 6.45) is 1.45. The Hall–Kier alpha value is -2.57. The van der Waals surface area contributed by atoms with Crippen LogP contribution in [-0.2, 0) is 16.0 Å². The third-order valence-electron chi connectivity index (χ3n) is 4.72. The van der Waals surface area contributed by atoms with E-state index in [-0.39, 0.29) is 36.5 Å². The lowest BCUT2D eigenvalue weighted by atomic mass is 10.1. The first kappa shape index (κ1) is 17.3. The zero-order valence-corrected chi connectivity index (χ0v) is 14.4. The Morgan fingerprint density at radius 1 is 1.20 bits per heavy atom. The van der Waals surface area contributed by atoms with E-state index in [9.17, 15) is 14.4 Å². The molecule has 0 saturated carbocycles. The van der Waals surface area contributed by atoms with Crippen molar-refractivity contribution in [2.24, 2.45) is 0 Å². The topological polar surface area (TPSA) is 81.8 Å². The molecule has 1 aromatic carbocycles. The fraction of sp³-hybridized carbons (Fsp3) is 0.500. The van der Waals surface area contributed by atoms with Crippen molar-refractivity contribution < 1.29 is 14.4 Å². The summed E-state index contributed by atoms with van der Waals surface area (Å²) in [5.74, 6) is -0.143. The van der Waals surface area contributed by atoms with E-state index < -0.39 is 0 Å². The van der Waals surface area contributed by atoms with Crippen LogP contribution in [0.15, 0.2) is 30.3 Å². The number of hydrogen-bond acceptors (Lipinski definition) is 3. The minimum atomic E-state index is -0.202. The van der Waals surface area contributed by atoms with Crippen molar-refractivity contribution in [3.63, 3.8) is 0 Å². The number of nitrogens with one attached hydrogen (secondary N) is 2. The van der Waals surface area contributed by atoms with Gasteiger partial charge in [0.05, 0.1) is 6.04 Å². The van der Waals surface area contributed by atoms with Crippen molar-refractivity contribution in [3.8, 4) is 0 Å². The molecule has 0 aromatic heterocycles. The highest BCUT2D eigenvalue weighted by Gasteiger charge is 2.41. The fourth-order valence-corrected chi connectivity index (χ4v) is 3.59. The Labute approximate surface area is 147 Å². The molecule has 2 aliphatic heterocycles. The molecule has 3 rings (SSSR count). The van der Waals surface area contributed by atoms with Crippen molar-refractivity contribution in [2.75, 3.05) is 26.2 Å². The van der Waals surface area contributed by atoms with E-state index in [0.717, 1.165) is 12.0 Å². The number of rotatable bonds is 4. The van der Waals surface area contributed by atoms with Crippen molar-refractivity contribution in [2.45, 2.75) is 31.8 Å². The highest BCUT2D eigenvalue weighted by Crippen LogP contribution is 2.23. The van der Waals surface area contributed by atoms with Crippen LogP contribution in [-0.4, -0.2) is 65.9 Å². The first-order chi connectivity index (χ1) is 12.0. The van der Waals surface area contributed by atoms with Gasteiger partial charge in [0, 0.05) is 32.6 Å².